The average Bonchev–Trinajstić information content (AvgIpc) is 2.35. The highest BCUT2D eigenvalue weighted by atomic mass is 32.2. The lowest BCUT2D eigenvalue weighted by Crippen LogP contribution is -2.29. The van der Waals surface area contributed by atoms with Gasteiger partial charge in [-0.2, -0.15) is 4.31 Å². The van der Waals surface area contributed by atoms with E-state index < -0.39 is 10.0 Å². The fourth-order valence-electron chi connectivity index (χ4n) is 1.79. The number of sulfonamides is 1. The highest BCUT2D eigenvalue weighted by molar-refractivity contribution is 7.89. The van der Waals surface area contributed by atoms with Crippen molar-refractivity contribution in [3.05, 3.63) is 42.0 Å². The molecule has 0 aromatic heterocycles. The van der Waals surface area contributed by atoms with E-state index in [-0.39, 0.29) is 0 Å². The van der Waals surface area contributed by atoms with Gasteiger partial charge in [-0.25, -0.2) is 8.42 Å². The molecule has 0 saturated heterocycles. The van der Waals surface area contributed by atoms with Crippen molar-refractivity contribution in [3.63, 3.8) is 0 Å². The molecule has 0 spiro atoms. The third kappa shape index (κ3) is 4.16. The molecule has 4 nitrogen and oxygen atoms in total. The van der Waals surface area contributed by atoms with Crippen LogP contribution in [0.3, 0.4) is 0 Å². The average molecular weight is 282 g/mol. The Balaban J connectivity index is 3.10. The van der Waals surface area contributed by atoms with Crippen LogP contribution in [0.2, 0.25) is 0 Å². The van der Waals surface area contributed by atoms with Gasteiger partial charge in [-0.3, -0.25) is 0 Å². The molecule has 0 aliphatic heterocycles. The van der Waals surface area contributed by atoms with Crippen LogP contribution in [0.5, 0.6) is 0 Å². The minimum absolute atomic E-state index is 0.331. The molecule has 1 aromatic rings. The van der Waals surface area contributed by atoms with Gasteiger partial charge in [0.1, 0.15) is 0 Å². The molecule has 0 fully saturated rings. The largest absolute Gasteiger partial charge is 0.313 e. The number of benzene rings is 1. The molecule has 0 aliphatic rings. The van der Waals surface area contributed by atoms with E-state index in [1.807, 2.05) is 26.0 Å². The molecule has 0 aliphatic carbocycles. The maximum atomic E-state index is 12.5. The second kappa shape index (κ2) is 6.84. The summed E-state index contributed by atoms with van der Waals surface area (Å²) in [6.45, 7) is 9.24. The second-order valence-corrected chi connectivity index (χ2v) is 6.62. The molecule has 0 bridgehead atoms. The summed E-state index contributed by atoms with van der Waals surface area (Å²) in [5, 5.41) is 3.16. The second-order valence-electron chi connectivity index (χ2n) is 4.61. The highest BCUT2D eigenvalue weighted by Crippen LogP contribution is 2.19. The van der Waals surface area contributed by atoms with Gasteiger partial charge in [-0.15, -0.1) is 0 Å². The number of hydrogen-bond donors (Lipinski definition) is 1. The maximum Gasteiger partial charge on any atom is 0.243 e. The van der Waals surface area contributed by atoms with Gasteiger partial charge in [-0.05, 0) is 25.1 Å². The molecular weight excluding hydrogens is 260 g/mol. The standard InChI is InChI=1S/C14H22N2O2S/c1-5-15-10-13-8-6-7-9-14(13)19(17,18)16(4)11-12(2)3/h6-9,15H,2,5,10-11H2,1,3-4H3. The van der Waals surface area contributed by atoms with Gasteiger partial charge in [0.05, 0.1) is 4.90 Å². The molecule has 1 N–H and O–H groups in total. The smallest absolute Gasteiger partial charge is 0.243 e. The summed E-state index contributed by atoms with van der Waals surface area (Å²) in [7, 11) is -1.89. The molecule has 1 aromatic carbocycles. The first-order valence-electron chi connectivity index (χ1n) is 6.29. The van der Waals surface area contributed by atoms with Crippen LogP contribution in [0.25, 0.3) is 0 Å². The molecule has 0 radical (unpaired) electrons. The van der Waals surface area contributed by atoms with Crippen LogP contribution in [-0.2, 0) is 16.6 Å². The van der Waals surface area contributed by atoms with Crippen molar-refractivity contribution in [2.75, 3.05) is 20.1 Å². The fourth-order valence-corrected chi connectivity index (χ4v) is 3.24. The van der Waals surface area contributed by atoms with E-state index in [9.17, 15) is 8.42 Å². The Labute approximate surface area is 116 Å². The first-order valence-corrected chi connectivity index (χ1v) is 7.73. The Hall–Kier alpha value is -1.17. The minimum atomic E-state index is -3.46. The minimum Gasteiger partial charge on any atom is -0.313 e. The topological polar surface area (TPSA) is 49.4 Å². The molecule has 0 atom stereocenters. The summed E-state index contributed by atoms with van der Waals surface area (Å²) < 4.78 is 26.4. The predicted molar refractivity (Wildman–Crippen MR) is 78.5 cm³/mol. The maximum absolute atomic E-state index is 12.5. The van der Waals surface area contributed by atoms with Crippen molar-refractivity contribution in [1.82, 2.24) is 9.62 Å². The van der Waals surface area contributed by atoms with E-state index in [1.54, 1.807) is 19.2 Å². The van der Waals surface area contributed by atoms with Crippen molar-refractivity contribution >= 4 is 10.0 Å². The van der Waals surface area contributed by atoms with Crippen LogP contribution in [0.4, 0.5) is 0 Å². The monoisotopic (exact) mass is 282 g/mol. The van der Waals surface area contributed by atoms with Gasteiger partial charge in [0.25, 0.3) is 0 Å². The summed E-state index contributed by atoms with van der Waals surface area (Å²) in [6, 6.07) is 7.09. The van der Waals surface area contributed by atoms with Crippen LogP contribution in [0, 0.1) is 0 Å². The Morgan fingerprint density at radius 1 is 1.37 bits per heavy atom. The number of nitrogens with one attached hydrogen (secondary N) is 1. The van der Waals surface area contributed by atoms with Gasteiger partial charge >= 0.3 is 0 Å². The van der Waals surface area contributed by atoms with Crippen LogP contribution in [-0.4, -0.2) is 32.9 Å². The highest BCUT2D eigenvalue weighted by Gasteiger charge is 2.23. The lowest BCUT2D eigenvalue weighted by atomic mass is 10.2. The van der Waals surface area contributed by atoms with Crippen LogP contribution < -0.4 is 5.32 Å². The molecular formula is C14H22N2O2S. The number of likely N-dealkylation sites (N-methyl/N-ethyl adjacent to an activating group) is 1. The van der Waals surface area contributed by atoms with E-state index in [1.165, 1.54) is 4.31 Å². The Kier molecular flexibility index (Phi) is 5.72. The molecule has 0 amide bonds. The molecule has 0 unspecified atom stereocenters. The zero-order chi connectivity index (χ0) is 14.5. The van der Waals surface area contributed by atoms with E-state index in [0.29, 0.717) is 18.0 Å². The normalized spacial score (nSPS) is 11.8. The van der Waals surface area contributed by atoms with Gasteiger partial charge in [0, 0.05) is 20.1 Å². The van der Waals surface area contributed by atoms with Crippen LogP contribution in [0.1, 0.15) is 19.4 Å². The molecule has 19 heavy (non-hydrogen) atoms. The third-order valence-electron chi connectivity index (χ3n) is 2.72. The number of rotatable bonds is 7. The SMILES string of the molecule is C=C(C)CN(C)S(=O)(=O)c1ccccc1CNCC. The molecule has 1 rings (SSSR count). The van der Waals surface area contributed by atoms with E-state index >= 15 is 0 Å². The molecule has 0 heterocycles. The molecule has 0 saturated carbocycles. The first-order chi connectivity index (χ1) is 8.89. The molecule has 106 valence electrons. The van der Waals surface area contributed by atoms with Crippen molar-refractivity contribution in [1.29, 1.82) is 0 Å². The van der Waals surface area contributed by atoms with E-state index in [2.05, 4.69) is 11.9 Å². The van der Waals surface area contributed by atoms with Crippen LogP contribution in [0.15, 0.2) is 41.3 Å². The van der Waals surface area contributed by atoms with Gasteiger partial charge in [-0.1, -0.05) is 37.3 Å². The van der Waals surface area contributed by atoms with E-state index in [4.69, 9.17) is 0 Å². The van der Waals surface area contributed by atoms with Crippen molar-refractivity contribution < 1.29 is 8.42 Å². The van der Waals surface area contributed by atoms with Crippen LogP contribution >= 0.6 is 0 Å². The Morgan fingerprint density at radius 3 is 2.58 bits per heavy atom. The van der Waals surface area contributed by atoms with Gasteiger partial charge < -0.3 is 5.32 Å². The van der Waals surface area contributed by atoms with Crippen molar-refractivity contribution in [3.8, 4) is 0 Å². The number of hydrogen-bond acceptors (Lipinski definition) is 3. The van der Waals surface area contributed by atoms with Gasteiger partial charge in [0.15, 0.2) is 0 Å². The van der Waals surface area contributed by atoms with Crippen molar-refractivity contribution in [2.45, 2.75) is 25.3 Å². The summed E-state index contributed by atoms with van der Waals surface area (Å²) in [5.41, 5.74) is 1.60. The van der Waals surface area contributed by atoms with Gasteiger partial charge in [0.2, 0.25) is 10.0 Å². The fraction of sp³-hybridized carbons (Fsp3) is 0.429. The Morgan fingerprint density at radius 2 is 2.00 bits per heavy atom. The summed E-state index contributed by atoms with van der Waals surface area (Å²) in [4.78, 5) is 0.361. The first kappa shape index (κ1) is 15.9. The number of nitrogens with zero attached hydrogens (tertiary/aromatic N) is 1. The quantitative estimate of drug-likeness (QED) is 0.778. The summed E-state index contributed by atoms with van der Waals surface area (Å²) in [6.07, 6.45) is 0. The van der Waals surface area contributed by atoms with Crippen molar-refractivity contribution in [2.24, 2.45) is 0 Å². The third-order valence-corrected chi connectivity index (χ3v) is 4.62. The van der Waals surface area contributed by atoms with E-state index in [0.717, 1.165) is 17.7 Å². The lowest BCUT2D eigenvalue weighted by Gasteiger charge is -2.19. The zero-order valence-corrected chi connectivity index (χ0v) is 12.6. The summed E-state index contributed by atoms with van der Waals surface area (Å²) in [5.74, 6) is 0. The Bertz CT molecular complexity index is 538. The lowest BCUT2D eigenvalue weighted by molar-refractivity contribution is 0.491. The molecule has 5 heteroatoms. The summed E-state index contributed by atoms with van der Waals surface area (Å²) >= 11 is 0. The zero-order valence-electron chi connectivity index (χ0n) is 11.8. The predicted octanol–water partition coefficient (Wildman–Crippen LogP) is 1.99.